The Morgan fingerprint density at radius 3 is 1.42 bits per heavy atom. The van der Waals surface area contributed by atoms with Crippen LogP contribution < -0.4 is 0 Å². The number of fused-ring (bicyclic) bond motifs is 12. The monoisotopic (exact) mass is 534 g/mol. The number of rotatable bonds is 0. The van der Waals surface area contributed by atoms with Crippen LogP contribution >= 0.6 is 45.3 Å². The maximum atomic E-state index is 2.54. The highest BCUT2D eigenvalue weighted by molar-refractivity contribution is 7.24. The highest BCUT2D eigenvalue weighted by Crippen LogP contribution is 2.50. The first-order valence-electron chi connectivity index (χ1n) is 12.7. The highest BCUT2D eigenvalue weighted by Gasteiger charge is 2.26. The van der Waals surface area contributed by atoms with Crippen molar-refractivity contribution < 1.29 is 0 Å². The Balaban J connectivity index is 1.26. The zero-order valence-electron chi connectivity index (χ0n) is 20.1. The van der Waals surface area contributed by atoms with Crippen LogP contribution in [-0.4, -0.2) is 0 Å². The van der Waals surface area contributed by atoms with Gasteiger partial charge in [0.2, 0.25) is 0 Å². The molecule has 0 aliphatic heterocycles. The summed E-state index contributed by atoms with van der Waals surface area (Å²) >= 11 is 7.91. The van der Waals surface area contributed by atoms with Gasteiger partial charge in [0.1, 0.15) is 0 Å². The Morgan fingerprint density at radius 2 is 0.944 bits per heavy atom. The number of benzene rings is 3. The van der Waals surface area contributed by atoms with Gasteiger partial charge in [0.15, 0.2) is 0 Å². The molecule has 0 unspecified atom stereocenters. The van der Waals surface area contributed by atoms with E-state index in [1.54, 1.807) is 11.1 Å². The summed E-state index contributed by atoms with van der Waals surface area (Å²) in [6.07, 6.45) is 4.63. The van der Waals surface area contributed by atoms with Crippen LogP contribution in [0.15, 0.2) is 48.5 Å². The summed E-state index contributed by atoms with van der Waals surface area (Å²) < 4.78 is 5.80. The lowest BCUT2D eigenvalue weighted by Crippen LogP contribution is -2.01. The molecule has 0 saturated carbocycles. The lowest BCUT2D eigenvalue weighted by atomic mass is 9.88. The Hall–Kier alpha value is -2.50. The van der Waals surface area contributed by atoms with E-state index >= 15 is 0 Å². The first-order chi connectivity index (χ1) is 17.6. The van der Waals surface area contributed by atoms with Gasteiger partial charge in [-0.2, -0.15) is 0 Å². The van der Waals surface area contributed by atoms with Crippen molar-refractivity contribution in [1.82, 2.24) is 0 Å². The molecule has 4 aromatic heterocycles. The van der Waals surface area contributed by atoms with Crippen LogP contribution in [0.5, 0.6) is 0 Å². The van der Waals surface area contributed by atoms with Gasteiger partial charge in [-0.05, 0) is 143 Å². The van der Waals surface area contributed by atoms with Gasteiger partial charge in [-0.15, -0.1) is 45.3 Å². The second-order valence-electron chi connectivity index (χ2n) is 10.5. The number of hydrogen-bond acceptors (Lipinski definition) is 4. The van der Waals surface area contributed by atoms with Gasteiger partial charge in [-0.25, -0.2) is 0 Å². The topological polar surface area (TPSA) is 0 Å². The molecule has 0 bridgehead atoms. The number of thiophene rings is 4. The molecule has 174 valence electrons. The first kappa shape index (κ1) is 20.5. The molecule has 2 aliphatic carbocycles. The lowest BCUT2D eigenvalue weighted by Gasteiger charge is -2.17. The minimum absolute atomic E-state index is 1.15. The minimum atomic E-state index is 1.15. The normalized spacial score (nSPS) is 14.5. The highest BCUT2D eigenvalue weighted by atomic mass is 32.1. The van der Waals surface area contributed by atoms with Gasteiger partial charge in [0.25, 0.3) is 0 Å². The Kier molecular flexibility index (Phi) is 4.04. The summed E-state index contributed by atoms with van der Waals surface area (Å²) in [5.74, 6) is 0. The zero-order valence-corrected chi connectivity index (χ0v) is 23.3. The fourth-order valence-electron chi connectivity index (χ4n) is 6.61. The van der Waals surface area contributed by atoms with Crippen molar-refractivity contribution in [3.8, 4) is 20.9 Å². The van der Waals surface area contributed by atoms with Crippen LogP contribution in [-0.2, 0) is 25.7 Å². The molecule has 36 heavy (non-hydrogen) atoms. The third kappa shape index (κ3) is 2.74. The van der Waals surface area contributed by atoms with E-state index in [9.17, 15) is 0 Å². The summed E-state index contributed by atoms with van der Waals surface area (Å²) in [6.45, 7) is 4.45. The standard InChI is InChI=1S/C32H22S4/c1-15-7-19-9-17-3-5-21-25-13-30-26(14-29(25)35-31(21)23(17)11-27(19)33-15)22-6-4-18-10-20-8-16(2)34-28(20)12-24(18)32(22)36-30/h7-14H,3-6H2,1-2H3. The van der Waals surface area contributed by atoms with E-state index < -0.39 is 0 Å². The van der Waals surface area contributed by atoms with Crippen LogP contribution in [0.25, 0.3) is 61.2 Å². The van der Waals surface area contributed by atoms with Gasteiger partial charge < -0.3 is 0 Å². The molecule has 4 heteroatoms. The minimum Gasteiger partial charge on any atom is -0.141 e. The van der Waals surface area contributed by atoms with Crippen LogP contribution in [0.3, 0.4) is 0 Å². The van der Waals surface area contributed by atoms with Crippen molar-refractivity contribution in [2.45, 2.75) is 39.5 Å². The summed E-state index contributed by atoms with van der Waals surface area (Å²) in [7, 11) is 0. The largest absolute Gasteiger partial charge is 0.141 e. The molecule has 0 fully saturated rings. The average Bonchev–Trinajstić information content (AvgIpc) is 3.60. The fraction of sp³-hybridized carbons (Fsp3) is 0.188. The molecule has 0 atom stereocenters. The quantitative estimate of drug-likeness (QED) is 0.181. The van der Waals surface area contributed by atoms with Crippen molar-refractivity contribution in [2.24, 2.45) is 0 Å². The van der Waals surface area contributed by atoms with E-state index in [1.807, 2.05) is 45.3 Å². The third-order valence-corrected chi connectivity index (χ3v) is 12.7. The predicted molar refractivity (Wildman–Crippen MR) is 163 cm³/mol. The van der Waals surface area contributed by atoms with E-state index in [-0.39, 0.29) is 0 Å². The van der Waals surface area contributed by atoms with Crippen LogP contribution in [0.1, 0.15) is 32.0 Å². The smallest absolute Gasteiger partial charge is 0.0390 e. The summed E-state index contributed by atoms with van der Waals surface area (Å²) in [4.78, 5) is 5.86. The van der Waals surface area contributed by atoms with E-state index in [0.717, 1.165) is 25.7 Å². The molecule has 0 spiro atoms. The third-order valence-electron chi connectivity index (χ3n) is 8.21. The maximum Gasteiger partial charge on any atom is 0.0390 e. The van der Waals surface area contributed by atoms with Crippen molar-refractivity contribution in [2.75, 3.05) is 0 Å². The summed E-state index contributed by atoms with van der Waals surface area (Å²) in [5.41, 5.74) is 9.21. The molecular formula is C32H22S4. The average molecular weight is 535 g/mol. The van der Waals surface area contributed by atoms with Crippen molar-refractivity contribution >= 4 is 85.7 Å². The molecule has 3 aromatic carbocycles. The van der Waals surface area contributed by atoms with Gasteiger partial charge in [-0.1, -0.05) is 0 Å². The second-order valence-corrected chi connectivity index (χ2v) is 15.2. The fourth-order valence-corrected chi connectivity index (χ4v) is 11.1. The van der Waals surface area contributed by atoms with Gasteiger partial charge in [0.05, 0.1) is 0 Å². The molecule has 0 nitrogen and oxygen atoms in total. The second kappa shape index (κ2) is 7.08. The lowest BCUT2D eigenvalue weighted by molar-refractivity contribution is 0.959. The summed E-state index contributed by atoms with van der Waals surface area (Å²) in [5, 5.41) is 5.84. The first-order valence-corrected chi connectivity index (χ1v) is 15.9. The molecule has 4 heterocycles. The molecular weight excluding hydrogens is 513 g/mol. The number of aryl methyl sites for hydroxylation is 6. The van der Waals surface area contributed by atoms with Crippen molar-refractivity contribution in [1.29, 1.82) is 0 Å². The molecule has 0 saturated heterocycles. The van der Waals surface area contributed by atoms with Crippen molar-refractivity contribution in [3.63, 3.8) is 0 Å². The zero-order chi connectivity index (χ0) is 23.7. The van der Waals surface area contributed by atoms with Crippen molar-refractivity contribution in [3.05, 3.63) is 80.5 Å². The van der Waals surface area contributed by atoms with Crippen LogP contribution in [0.2, 0.25) is 0 Å². The molecule has 0 radical (unpaired) electrons. The van der Waals surface area contributed by atoms with Crippen LogP contribution in [0.4, 0.5) is 0 Å². The molecule has 7 aromatic rings. The Labute approximate surface area is 225 Å². The van der Waals surface area contributed by atoms with E-state index in [2.05, 4.69) is 62.4 Å². The van der Waals surface area contributed by atoms with Gasteiger partial charge in [0, 0.05) is 38.3 Å². The summed E-state index contributed by atoms with van der Waals surface area (Å²) in [6, 6.07) is 19.6. The van der Waals surface area contributed by atoms with E-state index in [4.69, 9.17) is 0 Å². The van der Waals surface area contributed by atoms with E-state index in [1.165, 1.54) is 82.1 Å². The molecule has 0 amide bonds. The molecule has 9 rings (SSSR count). The Bertz CT molecular complexity index is 1920. The van der Waals surface area contributed by atoms with Gasteiger partial charge >= 0.3 is 0 Å². The van der Waals surface area contributed by atoms with Crippen LogP contribution in [0, 0.1) is 13.8 Å². The number of hydrogen-bond donors (Lipinski definition) is 0. The molecule has 0 N–H and O–H groups in total. The van der Waals surface area contributed by atoms with Gasteiger partial charge in [-0.3, -0.25) is 0 Å². The maximum absolute atomic E-state index is 2.54. The SMILES string of the molecule is Cc1cc2cc3c(cc2s1)-c1sc2cc4c5c(sc4cc2c1CC3)-c1cc2sc(C)cc2cc1CC5. The molecule has 2 aliphatic rings. The Morgan fingerprint density at radius 1 is 0.472 bits per heavy atom. The van der Waals surface area contributed by atoms with E-state index in [0.29, 0.717) is 0 Å². The predicted octanol–water partition coefficient (Wildman–Crippen LogP) is 10.7.